The molecule has 2 heterocycles. The second kappa shape index (κ2) is 5.54. The van der Waals surface area contributed by atoms with Crippen molar-refractivity contribution in [2.75, 3.05) is 27.2 Å². The number of pyridine rings is 2. The van der Waals surface area contributed by atoms with Crippen LogP contribution in [0.1, 0.15) is 0 Å². The van der Waals surface area contributed by atoms with Gasteiger partial charge in [-0.3, -0.25) is 9.78 Å². The highest BCUT2D eigenvalue weighted by Gasteiger charge is 2.06. The number of nitrogens with zero attached hydrogens (tertiary/aromatic N) is 2. The summed E-state index contributed by atoms with van der Waals surface area (Å²) in [4.78, 5) is 21.3. The number of hydrogen-bond acceptors (Lipinski definition) is 4. The Morgan fingerprint density at radius 3 is 2.90 bits per heavy atom. The van der Waals surface area contributed by atoms with Crippen molar-refractivity contribution in [2.24, 2.45) is 0 Å². The normalized spacial score (nSPS) is 11.4. The quantitative estimate of drug-likeness (QED) is 0.744. The Kier molecular flexibility index (Phi) is 3.58. The smallest absolute Gasteiger partial charge is 0.257 e. The highest BCUT2D eigenvalue weighted by Crippen LogP contribution is 2.23. The van der Waals surface area contributed by atoms with Crippen LogP contribution in [-0.2, 0) is 0 Å². The van der Waals surface area contributed by atoms with Crippen LogP contribution in [0, 0.1) is 0 Å². The minimum absolute atomic E-state index is 0.129. The third-order valence-corrected chi connectivity index (χ3v) is 3.35. The molecule has 0 saturated heterocycles. The van der Waals surface area contributed by atoms with Crippen LogP contribution >= 0.6 is 0 Å². The molecule has 0 fully saturated rings. The van der Waals surface area contributed by atoms with E-state index < -0.39 is 0 Å². The van der Waals surface area contributed by atoms with Crippen LogP contribution in [0.2, 0.25) is 0 Å². The first-order valence-corrected chi connectivity index (χ1v) is 6.83. The fourth-order valence-corrected chi connectivity index (χ4v) is 2.26. The Bertz CT molecular complexity index is 840. The molecule has 3 aromatic rings. The summed E-state index contributed by atoms with van der Waals surface area (Å²) in [6.07, 6.45) is 1.70. The third kappa shape index (κ3) is 2.73. The molecule has 5 nitrogen and oxygen atoms in total. The molecule has 0 aliphatic carbocycles. The van der Waals surface area contributed by atoms with Gasteiger partial charge in [0.1, 0.15) is 12.4 Å². The van der Waals surface area contributed by atoms with E-state index in [1.54, 1.807) is 18.3 Å². The fraction of sp³-hybridized carbons (Fsp3) is 0.250. The molecule has 0 aliphatic heterocycles. The van der Waals surface area contributed by atoms with Crippen LogP contribution in [0.4, 0.5) is 0 Å². The molecule has 0 radical (unpaired) electrons. The number of aromatic nitrogens is 2. The number of nitrogens with one attached hydrogen (secondary N) is 1. The summed E-state index contributed by atoms with van der Waals surface area (Å²) in [5.74, 6) is 0.746. The van der Waals surface area contributed by atoms with E-state index in [1.165, 1.54) is 0 Å². The lowest BCUT2D eigenvalue weighted by molar-refractivity contribution is 0.261. The minimum atomic E-state index is -0.129. The van der Waals surface area contributed by atoms with Crippen LogP contribution in [0.15, 0.2) is 41.3 Å². The highest BCUT2D eigenvalue weighted by atomic mass is 16.5. The van der Waals surface area contributed by atoms with Gasteiger partial charge in [-0.15, -0.1) is 0 Å². The largest absolute Gasteiger partial charge is 0.492 e. The third-order valence-electron chi connectivity index (χ3n) is 3.35. The van der Waals surface area contributed by atoms with E-state index in [1.807, 2.05) is 32.3 Å². The van der Waals surface area contributed by atoms with Crippen molar-refractivity contribution in [1.29, 1.82) is 0 Å². The van der Waals surface area contributed by atoms with Crippen molar-refractivity contribution >= 4 is 21.8 Å². The van der Waals surface area contributed by atoms with Crippen molar-refractivity contribution in [1.82, 2.24) is 14.9 Å². The molecular formula is C16H17N3O2. The van der Waals surface area contributed by atoms with E-state index in [-0.39, 0.29) is 5.56 Å². The number of aromatic amines is 1. The Morgan fingerprint density at radius 1 is 1.24 bits per heavy atom. The zero-order valence-electron chi connectivity index (χ0n) is 12.1. The predicted molar refractivity (Wildman–Crippen MR) is 83.9 cm³/mol. The Hall–Kier alpha value is -2.40. The number of benzene rings is 1. The summed E-state index contributed by atoms with van der Waals surface area (Å²) in [6, 6.07) is 9.24. The van der Waals surface area contributed by atoms with Gasteiger partial charge >= 0.3 is 0 Å². The molecule has 0 spiro atoms. The van der Waals surface area contributed by atoms with Crippen LogP contribution in [0.5, 0.6) is 5.75 Å². The summed E-state index contributed by atoms with van der Waals surface area (Å²) in [5, 5.41) is 1.52. The summed E-state index contributed by atoms with van der Waals surface area (Å²) in [5.41, 5.74) is 1.33. The highest BCUT2D eigenvalue weighted by molar-refractivity contribution is 6.02. The maximum Gasteiger partial charge on any atom is 0.257 e. The molecule has 108 valence electrons. The summed E-state index contributed by atoms with van der Waals surface area (Å²) in [6.45, 7) is 1.45. The van der Waals surface area contributed by atoms with E-state index in [9.17, 15) is 4.79 Å². The Balaban J connectivity index is 2.02. The average molecular weight is 283 g/mol. The number of fused-ring (bicyclic) bond motifs is 3. The Labute approximate surface area is 122 Å². The van der Waals surface area contributed by atoms with Gasteiger partial charge in [0.2, 0.25) is 0 Å². The van der Waals surface area contributed by atoms with Gasteiger partial charge in [-0.05, 0) is 38.4 Å². The predicted octanol–water partition coefficient (Wildman–Crippen LogP) is 2.02. The molecule has 0 atom stereocenters. The van der Waals surface area contributed by atoms with E-state index >= 15 is 0 Å². The van der Waals surface area contributed by atoms with Crippen molar-refractivity contribution in [2.45, 2.75) is 0 Å². The van der Waals surface area contributed by atoms with Crippen molar-refractivity contribution in [3.05, 3.63) is 46.9 Å². The molecule has 0 bridgehead atoms. The van der Waals surface area contributed by atoms with Gasteiger partial charge in [-0.1, -0.05) is 0 Å². The van der Waals surface area contributed by atoms with Crippen LogP contribution in [0.25, 0.3) is 21.8 Å². The molecule has 3 rings (SSSR count). The fourth-order valence-electron chi connectivity index (χ4n) is 2.26. The molecule has 5 heteroatoms. The zero-order chi connectivity index (χ0) is 14.8. The van der Waals surface area contributed by atoms with Gasteiger partial charge in [0, 0.05) is 24.2 Å². The van der Waals surface area contributed by atoms with Gasteiger partial charge in [0.15, 0.2) is 0 Å². The average Bonchev–Trinajstić information content (AvgIpc) is 2.47. The molecule has 0 unspecified atom stereocenters. The monoisotopic (exact) mass is 283 g/mol. The first-order valence-electron chi connectivity index (χ1n) is 6.83. The summed E-state index contributed by atoms with van der Waals surface area (Å²) >= 11 is 0. The van der Waals surface area contributed by atoms with Crippen molar-refractivity contribution in [3.8, 4) is 5.75 Å². The second-order valence-corrected chi connectivity index (χ2v) is 5.21. The van der Waals surface area contributed by atoms with Crippen molar-refractivity contribution in [3.63, 3.8) is 0 Å². The zero-order valence-corrected chi connectivity index (χ0v) is 12.1. The molecule has 0 amide bonds. The molecule has 1 N–H and O–H groups in total. The number of likely N-dealkylation sites (N-methyl/N-ethyl adjacent to an activating group) is 1. The molecule has 1 aromatic carbocycles. The molecule has 21 heavy (non-hydrogen) atoms. The maximum absolute atomic E-state index is 12.1. The van der Waals surface area contributed by atoms with E-state index in [2.05, 4.69) is 14.9 Å². The van der Waals surface area contributed by atoms with E-state index in [0.29, 0.717) is 12.0 Å². The van der Waals surface area contributed by atoms with Crippen LogP contribution < -0.4 is 10.3 Å². The molecular weight excluding hydrogens is 266 g/mol. The van der Waals surface area contributed by atoms with Crippen LogP contribution in [0.3, 0.4) is 0 Å². The Morgan fingerprint density at radius 2 is 2.10 bits per heavy atom. The maximum atomic E-state index is 12.1. The standard InChI is InChI=1S/C16H17N3O2/c1-19(2)8-9-21-11-5-6-12-14(10-11)18-16(20)13-4-3-7-17-15(12)13/h3-7,10H,8-9H2,1-2H3,(H,18,20). The minimum Gasteiger partial charge on any atom is -0.492 e. The molecule has 2 aromatic heterocycles. The number of rotatable bonds is 4. The van der Waals surface area contributed by atoms with Gasteiger partial charge in [0.05, 0.1) is 16.4 Å². The van der Waals surface area contributed by atoms with E-state index in [4.69, 9.17) is 4.74 Å². The number of ether oxygens (including phenoxy) is 1. The van der Waals surface area contributed by atoms with E-state index in [0.717, 1.165) is 28.7 Å². The summed E-state index contributed by atoms with van der Waals surface area (Å²) in [7, 11) is 4.00. The number of H-pyrrole nitrogens is 1. The first kappa shape index (κ1) is 13.6. The van der Waals surface area contributed by atoms with Gasteiger partial charge in [-0.2, -0.15) is 0 Å². The SMILES string of the molecule is CN(C)CCOc1ccc2c(c1)[nH]c(=O)c1cccnc12. The summed E-state index contributed by atoms with van der Waals surface area (Å²) < 4.78 is 5.69. The van der Waals surface area contributed by atoms with Gasteiger partial charge < -0.3 is 14.6 Å². The lowest BCUT2D eigenvalue weighted by atomic mass is 10.1. The lowest BCUT2D eigenvalue weighted by Crippen LogP contribution is -2.19. The molecule has 0 saturated carbocycles. The number of hydrogen-bond donors (Lipinski definition) is 1. The van der Waals surface area contributed by atoms with Gasteiger partial charge in [0.25, 0.3) is 5.56 Å². The topological polar surface area (TPSA) is 58.2 Å². The van der Waals surface area contributed by atoms with Crippen LogP contribution in [-0.4, -0.2) is 42.1 Å². The first-order chi connectivity index (χ1) is 10.1. The molecule has 0 aliphatic rings. The van der Waals surface area contributed by atoms with Crippen molar-refractivity contribution < 1.29 is 4.74 Å². The van der Waals surface area contributed by atoms with Gasteiger partial charge in [-0.25, -0.2) is 0 Å². The lowest BCUT2D eigenvalue weighted by Gasteiger charge is -2.11. The second-order valence-electron chi connectivity index (χ2n) is 5.21.